The Morgan fingerprint density at radius 1 is 1.44 bits per heavy atom. The van der Waals surface area contributed by atoms with Crippen molar-refractivity contribution in [1.82, 2.24) is 0 Å². The number of carbonyl (C=O) groups is 2. The van der Waals surface area contributed by atoms with E-state index in [1.165, 1.54) is 12.1 Å². The Labute approximate surface area is 113 Å². The summed E-state index contributed by atoms with van der Waals surface area (Å²) in [6.07, 6.45) is 0.641. The average Bonchev–Trinajstić information content (AvgIpc) is 2.29. The predicted molar refractivity (Wildman–Crippen MR) is 72.6 cm³/mol. The molecule has 1 unspecified atom stereocenters. The molecule has 1 aromatic rings. The summed E-state index contributed by atoms with van der Waals surface area (Å²) in [5, 5.41) is 11.6. The van der Waals surface area contributed by atoms with Gasteiger partial charge in [-0.1, -0.05) is 22.9 Å². The van der Waals surface area contributed by atoms with Crippen LogP contribution in [0.2, 0.25) is 0 Å². The van der Waals surface area contributed by atoms with Gasteiger partial charge in [0.2, 0.25) is 5.91 Å². The quantitative estimate of drug-likeness (QED) is 0.775. The van der Waals surface area contributed by atoms with Crippen molar-refractivity contribution in [2.45, 2.75) is 13.3 Å². The van der Waals surface area contributed by atoms with Gasteiger partial charge in [0, 0.05) is 16.7 Å². The number of rotatable bonds is 5. The highest BCUT2D eigenvalue weighted by molar-refractivity contribution is 9.10. The highest BCUT2D eigenvalue weighted by atomic mass is 79.9. The molecule has 0 aromatic heterocycles. The van der Waals surface area contributed by atoms with Crippen LogP contribution in [0, 0.1) is 5.92 Å². The number of amides is 1. The number of nitrogens with one attached hydrogen (secondary N) is 1. The van der Waals surface area contributed by atoms with Gasteiger partial charge in [0.25, 0.3) is 0 Å². The van der Waals surface area contributed by atoms with Gasteiger partial charge in [0.05, 0.1) is 11.5 Å². The number of carboxylic acids is 1. The average molecular weight is 315 g/mol. The SMILES string of the molecule is CCC(CN)C(=O)Nc1cc(Br)cc(C(=O)O)c1. The van der Waals surface area contributed by atoms with Crippen LogP contribution in [0.5, 0.6) is 0 Å². The van der Waals surface area contributed by atoms with Crippen LogP contribution in [0.3, 0.4) is 0 Å². The molecule has 0 aliphatic rings. The number of halogens is 1. The zero-order valence-electron chi connectivity index (χ0n) is 9.94. The number of benzene rings is 1. The molecule has 0 heterocycles. The third-order valence-corrected chi connectivity index (χ3v) is 3.02. The lowest BCUT2D eigenvalue weighted by Gasteiger charge is -2.13. The molecule has 0 aliphatic heterocycles. The van der Waals surface area contributed by atoms with E-state index < -0.39 is 5.97 Å². The predicted octanol–water partition coefficient (Wildman–Crippen LogP) is 2.07. The first-order valence-corrected chi connectivity index (χ1v) is 6.32. The van der Waals surface area contributed by atoms with E-state index in [1.807, 2.05) is 6.92 Å². The fourth-order valence-corrected chi connectivity index (χ4v) is 1.98. The van der Waals surface area contributed by atoms with Crippen LogP contribution in [-0.2, 0) is 4.79 Å². The van der Waals surface area contributed by atoms with Gasteiger partial charge in [-0.2, -0.15) is 0 Å². The molecule has 0 spiro atoms. The van der Waals surface area contributed by atoms with Gasteiger partial charge < -0.3 is 16.2 Å². The smallest absolute Gasteiger partial charge is 0.335 e. The van der Waals surface area contributed by atoms with E-state index in [0.29, 0.717) is 16.6 Å². The second kappa shape index (κ2) is 6.51. The molecule has 98 valence electrons. The van der Waals surface area contributed by atoms with Crippen LogP contribution >= 0.6 is 15.9 Å². The minimum Gasteiger partial charge on any atom is -0.478 e. The van der Waals surface area contributed by atoms with Crippen molar-refractivity contribution in [3.63, 3.8) is 0 Å². The minimum atomic E-state index is -1.04. The van der Waals surface area contributed by atoms with E-state index >= 15 is 0 Å². The van der Waals surface area contributed by atoms with E-state index in [2.05, 4.69) is 21.2 Å². The van der Waals surface area contributed by atoms with Crippen molar-refractivity contribution in [1.29, 1.82) is 0 Å². The molecule has 0 saturated heterocycles. The van der Waals surface area contributed by atoms with E-state index in [4.69, 9.17) is 10.8 Å². The highest BCUT2D eigenvalue weighted by Gasteiger charge is 2.15. The van der Waals surface area contributed by atoms with Crippen molar-refractivity contribution in [2.24, 2.45) is 11.7 Å². The van der Waals surface area contributed by atoms with Gasteiger partial charge in [-0.15, -0.1) is 0 Å². The molecule has 0 radical (unpaired) electrons. The topological polar surface area (TPSA) is 92.4 Å². The molecule has 0 bridgehead atoms. The van der Waals surface area contributed by atoms with Crippen LogP contribution in [0.15, 0.2) is 22.7 Å². The first-order chi connectivity index (χ1) is 8.47. The number of aromatic carboxylic acids is 1. The van der Waals surface area contributed by atoms with Crippen LogP contribution in [-0.4, -0.2) is 23.5 Å². The second-order valence-electron chi connectivity index (χ2n) is 3.86. The molecule has 1 rings (SSSR count). The van der Waals surface area contributed by atoms with Crippen LogP contribution < -0.4 is 11.1 Å². The standard InChI is InChI=1S/C12H15BrN2O3/c1-2-7(6-14)11(16)15-10-4-8(12(17)18)3-9(13)5-10/h3-5,7H,2,6,14H2,1H3,(H,15,16)(H,17,18). The number of carbonyl (C=O) groups excluding carboxylic acids is 1. The maximum atomic E-state index is 11.8. The molecule has 1 amide bonds. The van der Waals surface area contributed by atoms with Crippen molar-refractivity contribution < 1.29 is 14.7 Å². The molecule has 5 nitrogen and oxygen atoms in total. The van der Waals surface area contributed by atoms with E-state index in [-0.39, 0.29) is 23.9 Å². The lowest BCUT2D eigenvalue weighted by molar-refractivity contribution is -0.119. The summed E-state index contributed by atoms with van der Waals surface area (Å²) in [6.45, 7) is 2.14. The summed E-state index contributed by atoms with van der Waals surface area (Å²) in [6, 6.07) is 4.53. The summed E-state index contributed by atoms with van der Waals surface area (Å²) >= 11 is 3.20. The third-order valence-electron chi connectivity index (χ3n) is 2.56. The summed E-state index contributed by atoms with van der Waals surface area (Å²) in [5.74, 6) is -1.51. The Kier molecular flexibility index (Phi) is 5.30. The van der Waals surface area contributed by atoms with Gasteiger partial charge in [0.1, 0.15) is 0 Å². The highest BCUT2D eigenvalue weighted by Crippen LogP contribution is 2.20. The first-order valence-electron chi connectivity index (χ1n) is 5.52. The first kappa shape index (κ1) is 14.7. The van der Waals surface area contributed by atoms with Crippen molar-refractivity contribution in [3.05, 3.63) is 28.2 Å². The maximum Gasteiger partial charge on any atom is 0.335 e. The van der Waals surface area contributed by atoms with Crippen molar-refractivity contribution >= 4 is 33.5 Å². The van der Waals surface area contributed by atoms with Gasteiger partial charge in [-0.25, -0.2) is 4.79 Å². The monoisotopic (exact) mass is 314 g/mol. The zero-order valence-corrected chi connectivity index (χ0v) is 11.5. The lowest BCUT2D eigenvalue weighted by atomic mass is 10.1. The number of hydrogen-bond acceptors (Lipinski definition) is 3. The Morgan fingerprint density at radius 2 is 2.11 bits per heavy atom. The zero-order chi connectivity index (χ0) is 13.7. The maximum absolute atomic E-state index is 11.8. The second-order valence-corrected chi connectivity index (χ2v) is 4.78. The summed E-state index contributed by atoms with van der Waals surface area (Å²) in [4.78, 5) is 22.7. The normalized spacial score (nSPS) is 11.9. The van der Waals surface area contributed by atoms with Crippen molar-refractivity contribution in [3.8, 4) is 0 Å². The van der Waals surface area contributed by atoms with E-state index in [9.17, 15) is 9.59 Å². The van der Waals surface area contributed by atoms with Crippen LogP contribution in [0.4, 0.5) is 5.69 Å². The molecule has 0 saturated carbocycles. The molecule has 0 fully saturated rings. The fourth-order valence-electron chi connectivity index (χ4n) is 1.49. The summed E-state index contributed by atoms with van der Waals surface area (Å²) in [7, 11) is 0. The van der Waals surface area contributed by atoms with Crippen LogP contribution in [0.25, 0.3) is 0 Å². The Balaban J connectivity index is 2.90. The van der Waals surface area contributed by atoms with Crippen LogP contribution in [0.1, 0.15) is 23.7 Å². The number of hydrogen-bond donors (Lipinski definition) is 3. The molecular weight excluding hydrogens is 300 g/mol. The Hall–Kier alpha value is -1.40. The van der Waals surface area contributed by atoms with Gasteiger partial charge in [-0.05, 0) is 24.6 Å². The lowest BCUT2D eigenvalue weighted by Crippen LogP contribution is -2.28. The minimum absolute atomic E-state index is 0.112. The van der Waals surface area contributed by atoms with Crippen molar-refractivity contribution in [2.75, 3.05) is 11.9 Å². The summed E-state index contributed by atoms with van der Waals surface area (Å²) < 4.78 is 0.596. The molecule has 6 heteroatoms. The number of carboxylic acid groups (broad SMARTS) is 1. The molecule has 0 aliphatic carbocycles. The number of anilines is 1. The molecule has 1 aromatic carbocycles. The Morgan fingerprint density at radius 3 is 2.61 bits per heavy atom. The van der Waals surface area contributed by atoms with Gasteiger partial charge >= 0.3 is 5.97 Å². The number of nitrogens with two attached hydrogens (primary N) is 1. The van der Waals surface area contributed by atoms with E-state index in [1.54, 1.807) is 6.07 Å². The van der Waals surface area contributed by atoms with Gasteiger partial charge in [0.15, 0.2) is 0 Å². The van der Waals surface area contributed by atoms with E-state index in [0.717, 1.165) is 0 Å². The molecule has 1 atom stereocenters. The summed E-state index contributed by atoms with van der Waals surface area (Å²) in [5.41, 5.74) is 6.04. The Bertz CT molecular complexity index is 459. The third kappa shape index (κ3) is 3.82. The molecular formula is C12H15BrN2O3. The fraction of sp³-hybridized carbons (Fsp3) is 0.333. The van der Waals surface area contributed by atoms with Gasteiger partial charge in [-0.3, -0.25) is 4.79 Å². The largest absolute Gasteiger partial charge is 0.478 e. The molecule has 18 heavy (non-hydrogen) atoms. The molecule has 4 N–H and O–H groups in total.